The van der Waals surface area contributed by atoms with Crippen molar-refractivity contribution in [1.82, 2.24) is 4.90 Å². The van der Waals surface area contributed by atoms with Gasteiger partial charge in [0.2, 0.25) is 0 Å². The van der Waals surface area contributed by atoms with Crippen LogP contribution in [0.2, 0.25) is 0 Å². The maximum absolute atomic E-state index is 6.40. The summed E-state index contributed by atoms with van der Waals surface area (Å²) in [5.74, 6) is 3.41. The number of hydrogen-bond acceptors (Lipinski definition) is 2. The van der Waals surface area contributed by atoms with E-state index in [4.69, 9.17) is 5.73 Å². The van der Waals surface area contributed by atoms with Gasteiger partial charge in [-0.1, -0.05) is 20.8 Å². The Morgan fingerprint density at radius 3 is 2.63 bits per heavy atom. The molecular formula is C17H34N2. The summed E-state index contributed by atoms with van der Waals surface area (Å²) in [5.41, 5.74) is 6.40. The summed E-state index contributed by atoms with van der Waals surface area (Å²) < 4.78 is 0. The molecule has 0 aromatic rings. The first kappa shape index (κ1) is 15.3. The molecule has 1 heterocycles. The van der Waals surface area contributed by atoms with Gasteiger partial charge in [-0.2, -0.15) is 0 Å². The first-order valence-electron chi connectivity index (χ1n) is 8.54. The van der Waals surface area contributed by atoms with Crippen LogP contribution in [0.1, 0.15) is 59.3 Å². The van der Waals surface area contributed by atoms with Crippen molar-refractivity contribution in [3.8, 4) is 0 Å². The van der Waals surface area contributed by atoms with E-state index in [0.29, 0.717) is 6.04 Å². The number of nitrogens with zero attached hydrogens (tertiary/aromatic N) is 1. The smallest absolute Gasteiger partial charge is 0.00795 e. The van der Waals surface area contributed by atoms with Gasteiger partial charge in [-0.15, -0.1) is 0 Å². The second-order valence-electron chi connectivity index (χ2n) is 7.58. The van der Waals surface area contributed by atoms with Crippen LogP contribution in [0.3, 0.4) is 0 Å². The van der Waals surface area contributed by atoms with Gasteiger partial charge in [0.25, 0.3) is 0 Å². The van der Waals surface area contributed by atoms with E-state index in [0.717, 1.165) is 23.7 Å². The van der Waals surface area contributed by atoms with Crippen molar-refractivity contribution in [1.29, 1.82) is 0 Å². The van der Waals surface area contributed by atoms with E-state index in [2.05, 4.69) is 25.7 Å². The van der Waals surface area contributed by atoms with Crippen LogP contribution in [0.4, 0.5) is 0 Å². The van der Waals surface area contributed by atoms with Crippen LogP contribution in [0.25, 0.3) is 0 Å². The zero-order valence-electron chi connectivity index (χ0n) is 13.3. The highest BCUT2D eigenvalue weighted by Crippen LogP contribution is 2.34. The standard InChI is InChI=1S/C17H34N2/c1-13(2)15-6-7-17(18)16(11-15)12-19-9-4-5-14(3)8-10-19/h13-17H,4-12,18H2,1-3H3. The SMILES string of the molecule is CC1CCCN(CC2CC(C(C)C)CCC2N)CC1. The Hall–Kier alpha value is -0.0800. The third-order valence-electron chi connectivity index (χ3n) is 5.63. The molecule has 1 saturated carbocycles. The first-order valence-corrected chi connectivity index (χ1v) is 8.54. The summed E-state index contributed by atoms with van der Waals surface area (Å²) >= 11 is 0. The molecule has 0 radical (unpaired) electrons. The van der Waals surface area contributed by atoms with Crippen molar-refractivity contribution in [3.63, 3.8) is 0 Å². The average molecular weight is 266 g/mol. The summed E-state index contributed by atoms with van der Waals surface area (Å²) in [6.07, 6.45) is 8.16. The second kappa shape index (κ2) is 7.08. The minimum absolute atomic E-state index is 0.454. The highest BCUT2D eigenvalue weighted by atomic mass is 15.1. The van der Waals surface area contributed by atoms with E-state index >= 15 is 0 Å². The second-order valence-corrected chi connectivity index (χ2v) is 7.58. The Morgan fingerprint density at radius 2 is 1.89 bits per heavy atom. The molecule has 2 rings (SSSR count). The molecular weight excluding hydrogens is 232 g/mol. The lowest BCUT2D eigenvalue weighted by Gasteiger charge is -2.38. The van der Waals surface area contributed by atoms with Gasteiger partial charge in [-0.3, -0.25) is 0 Å². The predicted octanol–water partition coefficient (Wildman–Crippen LogP) is 3.51. The number of hydrogen-bond donors (Lipinski definition) is 1. The molecule has 2 aliphatic rings. The Kier molecular flexibility index (Phi) is 5.70. The van der Waals surface area contributed by atoms with Gasteiger partial charge >= 0.3 is 0 Å². The van der Waals surface area contributed by atoms with E-state index in [1.54, 1.807) is 0 Å². The molecule has 2 nitrogen and oxygen atoms in total. The molecule has 0 spiro atoms. The molecule has 2 fully saturated rings. The molecule has 2 N–H and O–H groups in total. The molecule has 1 saturated heterocycles. The third-order valence-corrected chi connectivity index (χ3v) is 5.63. The zero-order chi connectivity index (χ0) is 13.8. The van der Waals surface area contributed by atoms with Gasteiger partial charge in [0.05, 0.1) is 0 Å². The molecule has 0 bridgehead atoms. The molecule has 0 aromatic heterocycles. The van der Waals surface area contributed by atoms with Gasteiger partial charge in [0.15, 0.2) is 0 Å². The average Bonchev–Trinajstić information content (AvgIpc) is 2.57. The zero-order valence-corrected chi connectivity index (χ0v) is 13.3. The fourth-order valence-corrected chi connectivity index (χ4v) is 3.98. The van der Waals surface area contributed by atoms with E-state index in [-0.39, 0.29) is 0 Å². The molecule has 0 amide bonds. The highest BCUT2D eigenvalue weighted by Gasteiger charge is 2.31. The van der Waals surface area contributed by atoms with Crippen molar-refractivity contribution in [2.75, 3.05) is 19.6 Å². The Labute approximate surface area is 120 Å². The summed E-state index contributed by atoms with van der Waals surface area (Å²) in [5, 5.41) is 0. The lowest BCUT2D eigenvalue weighted by atomic mass is 9.73. The lowest BCUT2D eigenvalue weighted by Crippen LogP contribution is -2.44. The van der Waals surface area contributed by atoms with Gasteiger partial charge in [0, 0.05) is 12.6 Å². The van der Waals surface area contributed by atoms with E-state index in [9.17, 15) is 0 Å². The van der Waals surface area contributed by atoms with Crippen LogP contribution in [0, 0.1) is 23.7 Å². The molecule has 4 atom stereocenters. The summed E-state index contributed by atoms with van der Waals surface area (Å²) in [6.45, 7) is 11.0. The van der Waals surface area contributed by atoms with E-state index < -0.39 is 0 Å². The summed E-state index contributed by atoms with van der Waals surface area (Å²) in [4.78, 5) is 2.71. The highest BCUT2D eigenvalue weighted by molar-refractivity contribution is 4.86. The van der Waals surface area contributed by atoms with E-state index in [1.807, 2.05) is 0 Å². The van der Waals surface area contributed by atoms with Crippen LogP contribution in [0.5, 0.6) is 0 Å². The maximum Gasteiger partial charge on any atom is 0.00795 e. The van der Waals surface area contributed by atoms with Crippen LogP contribution in [-0.2, 0) is 0 Å². The van der Waals surface area contributed by atoms with Crippen molar-refractivity contribution in [2.45, 2.75) is 65.3 Å². The van der Waals surface area contributed by atoms with Crippen LogP contribution < -0.4 is 5.73 Å². The molecule has 1 aliphatic carbocycles. The summed E-state index contributed by atoms with van der Waals surface area (Å²) in [7, 11) is 0. The molecule has 0 aromatic carbocycles. The minimum atomic E-state index is 0.454. The van der Waals surface area contributed by atoms with Crippen molar-refractivity contribution in [3.05, 3.63) is 0 Å². The van der Waals surface area contributed by atoms with Gasteiger partial charge in [-0.25, -0.2) is 0 Å². The molecule has 1 aliphatic heterocycles. The largest absolute Gasteiger partial charge is 0.327 e. The van der Waals surface area contributed by atoms with Crippen molar-refractivity contribution < 1.29 is 0 Å². The fraction of sp³-hybridized carbons (Fsp3) is 1.00. The van der Waals surface area contributed by atoms with Gasteiger partial charge in [-0.05, 0) is 75.3 Å². The topological polar surface area (TPSA) is 29.3 Å². The first-order chi connectivity index (χ1) is 9.06. The molecule has 19 heavy (non-hydrogen) atoms. The Morgan fingerprint density at radius 1 is 1.11 bits per heavy atom. The van der Waals surface area contributed by atoms with Crippen LogP contribution in [0.15, 0.2) is 0 Å². The predicted molar refractivity (Wildman–Crippen MR) is 83.1 cm³/mol. The maximum atomic E-state index is 6.40. The lowest BCUT2D eigenvalue weighted by molar-refractivity contribution is 0.138. The van der Waals surface area contributed by atoms with Gasteiger partial charge < -0.3 is 10.6 Å². The van der Waals surface area contributed by atoms with Crippen LogP contribution >= 0.6 is 0 Å². The number of likely N-dealkylation sites (tertiary alicyclic amines) is 1. The Balaban J connectivity index is 1.85. The van der Waals surface area contributed by atoms with Gasteiger partial charge in [0.1, 0.15) is 0 Å². The monoisotopic (exact) mass is 266 g/mol. The number of nitrogens with two attached hydrogens (primary N) is 1. The normalized spacial score (nSPS) is 38.4. The fourth-order valence-electron chi connectivity index (χ4n) is 3.98. The molecule has 112 valence electrons. The van der Waals surface area contributed by atoms with E-state index in [1.165, 1.54) is 58.2 Å². The molecule has 2 heteroatoms. The minimum Gasteiger partial charge on any atom is -0.327 e. The van der Waals surface area contributed by atoms with Crippen molar-refractivity contribution >= 4 is 0 Å². The van der Waals surface area contributed by atoms with Crippen molar-refractivity contribution in [2.24, 2.45) is 29.4 Å². The Bertz CT molecular complexity index is 264. The molecule has 4 unspecified atom stereocenters. The van der Waals surface area contributed by atoms with Crippen LogP contribution in [-0.4, -0.2) is 30.6 Å². The number of rotatable bonds is 3. The third kappa shape index (κ3) is 4.46. The quantitative estimate of drug-likeness (QED) is 0.847. The summed E-state index contributed by atoms with van der Waals surface area (Å²) in [6, 6.07) is 0.454.